The number of benzene rings is 2. The summed E-state index contributed by atoms with van der Waals surface area (Å²) in [6, 6.07) is 19.9. The summed E-state index contributed by atoms with van der Waals surface area (Å²) >= 11 is 5.21. The van der Waals surface area contributed by atoms with E-state index in [-0.39, 0.29) is 0 Å². The molecule has 0 amide bonds. The third-order valence-electron chi connectivity index (χ3n) is 2.70. The van der Waals surface area contributed by atoms with Crippen molar-refractivity contribution in [2.45, 2.75) is 6.54 Å². The van der Waals surface area contributed by atoms with E-state index in [9.17, 15) is 0 Å². The number of rotatable bonds is 6. The highest BCUT2D eigenvalue weighted by atomic mass is 32.1. The summed E-state index contributed by atoms with van der Waals surface area (Å²) in [6.45, 7) is 1.99. The lowest BCUT2D eigenvalue weighted by Crippen LogP contribution is -2.37. The zero-order valence-electron chi connectivity index (χ0n) is 11.2. The van der Waals surface area contributed by atoms with E-state index >= 15 is 0 Å². The molecule has 0 aliphatic carbocycles. The quantitative estimate of drug-likeness (QED) is 0.632. The van der Waals surface area contributed by atoms with E-state index in [0.717, 1.165) is 12.3 Å². The fourth-order valence-corrected chi connectivity index (χ4v) is 1.87. The smallest absolute Gasteiger partial charge is 0.166 e. The molecule has 2 aromatic rings. The molecule has 4 heteroatoms. The lowest BCUT2D eigenvalue weighted by molar-refractivity contribution is 0.322. The summed E-state index contributed by atoms with van der Waals surface area (Å²) in [5.74, 6) is 0.873. The maximum atomic E-state index is 5.57. The van der Waals surface area contributed by atoms with E-state index in [0.29, 0.717) is 18.3 Å². The van der Waals surface area contributed by atoms with Crippen LogP contribution in [0.4, 0.5) is 0 Å². The van der Waals surface area contributed by atoms with Gasteiger partial charge in [0.15, 0.2) is 5.11 Å². The first kappa shape index (κ1) is 14.3. The second-order valence-electron chi connectivity index (χ2n) is 4.26. The highest BCUT2D eigenvalue weighted by Gasteiger charge is 1.96. The second kappa shape index (κ2) is 8.17. The fraction of sp³-hybridized carbons (Fsp3) is 0.188. The van der Waals surface area contributed by atoms with E-state index in [1.54, 1.807) is 0 Å². The summed E-state index contributed by atoms with van der Waals surface area (Å²) in [6.07, 6.45) is 0. The molecule has 20 heavy (non-hydrogen) atoms. The molecule has 0 saturated heterocycles. The molecule has 2 aromatic carbocycles. The Hall–Kier alpha value is -2.07. The monoisotopic (exact) mass is 286 g/mol. The van der Waals surface area contributed by atoms with Gasteiger partial charge in [0.2, 0.25) is 0 Å². The van der Waals surface area contributed by atoms with Gasteiger partial charge in [0.25, 0.3) is 0 Å². The molecule has 0 atom stereocenters. The van der Waals surface area contributed by atoms with E-state index in [2.05, 4.69) is 22.8 Å². The molecule has 0 aliphatic rings. The third kappa shape index (κ3) is 5.28. The molecule has 0 radical (unpaired) electrons. The van der Waals surface area contributed by atoms with Crippen molar-refractivity contribution in [1.29, 1.82) is 0 Å². The molecule has 3 nitrogen and oxygen atoms in total. The summed E-state index contributed by atoms with van der Waals surface area (Å²) < 4.78 is 5.57. The third-order valence-corrected chi connectivity index (χ3v) is 2.98. The highest BCUT2D eigenvalue weighted by Crippen LogP contribution is 2.07. The second-order valence-corrected chi connectivity index (χ2v) is 4.66. The average molecular weight is 286 g/mol. The largest absolute Gasteiger partial charge is 0.492 e. The number of hydrogen-bond acceptors (Lipinski definition) is 2. The van der Waals surface area contributed by atoms with Crippen molar-refractivity contribution in [2.75, 3.05) is 13.2 Å². The first-order valence-electron chi connectivity index (χ1n) is 6.58. The van der Waals surface area contributed by atoms with Gasteiger partial charge < -0.3 is 15.4 Å². The van der Waals surface area contributed by atoms with Gasteiger partial charge in [0.05, 0.1) is 6.54 Å². The van der Waals surface area contributed by atoms with E-state index < -0.39 is 0 Å². The Bertz CT molecular complexity index is 517. The minimum Gasteiger partial charge on any atom is -0.492 e. The summed E-state index contributed by atoms with van der Waals surface area (Å²) in [5, 5.41) is 6.92. The lowest BCUT2D eigenvalue weighted by atomic mass is 10.2. The Morgan fingerprint density at radius 3 is 2.25 bits per heavy atom. The molecule has 0 heterocycles. The molecule has 0 unspecified atom stereocenters. The van der Waals surface area contributed by atoms with Crippen LogP contribution in [-0.2, 0) is 6.54 Å². The topological polar surface area (TPSA) is 33.3 Å². The number of para-hydroxylation sites is 1. The molecule has 2 N–H and O–H groups in total. The van der Waals surface area contributed by atoms with Crippen LogP contribution in [0.3, 0.4) is 0 Å². The summed E-state index contributed by atoms with van der Waals surface area (Å²) in [5.41, 5.74) is 1.21. The van der Waals surface area contributed by atoms with Crippen LogP contribution in [0.2, 0.25) is 0 Å². The SMILES string of the molecule is S=C(NCCOc1ccccc1)NCc1ccccc1. The fourth-order valence-electron chi connectivity index (χ4n) is 1.69. The minimum atomic E-state index is 0.581. The van der Waals surface area contributed by atoms with Gasteiger partial charge in [0.1, 0.15) is 12.4 Å². The Balaban J connectivity index is 1.59. The van der Waals surface area contributed by atoms with Crippen LogP contribution in [-0.4, -0.2) is 18.3 Å². The van der Waals surface area contributed by atoms with Crippen LogP contribution in [0.25, 0.3) is 0 Å². The van der Waals surface area contributed by atoms with Crippen molar-refractivity contribution in [1.82, 2.24) is 10.6 Å². The van der Waals surface area contributed by atoms with Gasteiger partial charge in [-0.15, -0.1) is 0 Å². The Morgan fingerprint density at radius 2 is 1.55 bits per heavy atom. The van der Waals surface area contributed by atoms with E-state index in [1.165, 1.54) is 5.56 Å². The molecule has 104 valence electrons. The van der Waals surface area contributed by atoms with Gasteiger partial charge in [-0.05, 0) is 29.9 Å². The first-order chi connectivity index (χ1) is 9.84. The van der Waals surface area contributed by atoms with Crippen LogP contribution in [0.1, 0.15) is 5.56 Å². The zero-order chi connectivity index (χ0) is 14.0. The molecule has 0 fully saturated rings. The Kier molecular flexibility index (Phi) is 5.86. The molecule has 0 spiro atoms. The molecular formula is C16H18N2OS. The van der Waals surface area contributed by atoms with Crippen molar-refractivity contribution in [3.05, 3.63) is 66.2 Å². The zero-order valence-corrected chi connectivity index (χ0v) is 12.0. The summed E-state index contributed by atoms with van der Waals surface area (Å²) in [7, 11) is 0. The van der Waals surface area contributed by atoms with Gasteiger partial charge in [-0.3, -0.25) is 0 Å². The number of hydrogen-bond donors (Lipinski definition) is 2. The molecule has 0 aliphatic heterocycles. The Labute approximate surface area is 125 Å². The predicted octanol–water partition coefficient (Wildman–Crippen LogP) is 2.73. The van der Waals surface area contributed by atoms with E-state index in [4.69, 9.17) is 17.0 Å². The van der Waals surface area contributed by atoms with Crippen molar-refractivity contribution in [2.24, 2.45) is 0 Å². The Morgan fingerprint density at radius 1 is 0.900 bits per heavy atom. The molecule has 2 rings (SSSR count). The molecular weight excluding hydrogens is 268 g/mol. The lowest BCUT2D eigenvalue weighted by Gasteiger charge is -2.11. The van der Waals surface area contributed by atoms with Crippen molar-refractivity contribution in [3.8, 4) is 5.75 Å². The van der Waals surface area contributed by atoms with Crippen molar-refractivity contribution < 1.29 is 4.74 Å². The number of nitrogens with one attached hydrogen (secondary N) is 2. The highest BCUT2D eigenvalue weighted by molar-refractivity contribution is 7.80. The normalized spacial score (nSPS) is 9.80. The predicted molar refractivity (Wildman–Crippen MR) is 85.8 cm³/mol. The molecule has 0 bridgehead atoms. The number of ether oxygens (including phenoxy) is 1. The standard InChI is InChI=1S/C16H18N2OS/c20-16(18-13-14-7-3-1-4-8-14)17-11-12-19-15-9-5-2-6-10-15/h1-10H,11-13H2,(H2,17,18,20). The van der Waals surface area contributed by atoms with Crippen LogP contribution < -0.4 is 15.4 Å². The van der Waals surface area contributed by atoms with Gasteiger partial charge in [-0.2, -0.15) is 0 Å². The van der Waals surface area contributed by atoms with E-state index in [1.807, 2.05) is 48.5 Å². The maximum absolute atomic E-state index is 5.57. The van der Waals surface area contributed by atoms with Crippen molar-refractivity contribution in [3.63, 3.8) is 0 Å². The van der Waals surface area contributed by atoms with Crippen molar-refractivity contribution >= 4 is 17.3 Å². The molecule has 0 aromatic heterocycles. The van der Waals surface area contributed by atoms with Crippen LogP contribution in [0.15, 0.2) is 60.7 Å². The van der Waals surface area contributed by atoms with Crippen LogP contribution >= 0.6 is 12.2 Å². The summed E-state index contributed by atoms with van der Waals surface area (Å²) in [4.78, 5) is 0. The van der Waals surface area contributed by atoms with Gasteiger partial charge >= 0.3 is 0 Å². The van der Waals surface area contributed by atoms with Crippen LogP contribution in [0, 0.1) is 0 Å². The molecule has 0 saturated carbocycles. The van der Waals surface area contributed by atoms with Gasteiger partial charge in [0, 0.05) is 6.54 Å². The maximum Gasteiger partial charge on any atom is 0.166 e. The number of thiocarbonyl (C=S) groups is 1. The van der Waals surface area contributed by atoms with Crippen LogP contribution in [0.5, 0.6) is 5.75 Å². The average Bonchev–Trinajstić information content (AvgIpc) is 2.52. The van der Waals surface area contributed by atoms with Gasteiger partial charge in [-0.1, -0.05) is 48.5 Å². The minimum absolute atomic E-state index is 0.581. The van der Waals surface area contributed by atoms with Gasteiger partial charge in [-0.25, -0.2) is 0 Å². The first-order valence-corrected chi connectivity index (χ1v) is 6.99.